The van der Waals surface area contributed by atoms with Crippen molar-refractivity contribution in [3.8, 4) is 0 Å². The van der Waals surface area contributed by atoms with Crippen molar-refractivity contribution < 1.29 is 23.9 Å². The van der Waals surface area contributed by atoms with Crippen LogP contribution in [0.5, 0.6) is 0 Å². The van der Waals surface area contributed by atoms with Crippen LogP contribution in [-0.4, -0.2) is 36.0 Å². The molecular weight excluding hydrogens is 362 g/mol. The van der Waals surface area contributed by atoms with Gasteiger partial charge in [0.25, 0.3) is 5.91 Å². The van der Waals surface area contributed by atoms with Gasteiger partial charge in [0.05, 0.1) is 0 Å². The number of hydrogen-bond acceptors (Lipinski definition) is 5. The number of benzene rings is 1. The molecule has 1 aliphatic rings. The highest BCUT2D eigenvalue weighted by atomic mass is 16.5. The van der Waals surface area contributed by atoms with Crippen molar-refractivity contribution in [3.05, 3.63) is 29.3 Å². The minimum Gasteiger partial charge on any atom is -0.454 e. The van der Waals surface area contributed by atoms with Crippen LogP contribution in [0.2, 0.25) is 0 Å². The third-order valence-corrected chi connectivity index (χ3v) is 4.87. The Morgan fingerprint density at radius 1 is 1.04 bits per heavy atom. The Balaban J connectivity index is 1.86. The molecule has 8 nitrogen and oxygen atoms in total. The van der Waals surface area contributed by atoms with Crippen molar-refractivity contribution in [3.63, 3.8) is 0 Å². The molecule has 0 radical (unpaired) electrons. The van der Waals surface area contributed by atoms with Gasteiger partial charge in [-0.25, -0.2) is 9.59 Å². The van der Waals surface area contributed by atoms with Crippen molar-refractivity contribution in [2.45, 2.75) is 58.4 Å². The molecule has 1 aromatic rings. The number of nitrogens with one attached hydrogen (secondary N) is 3. The van der Waals surface area contributed by atoms with E-state index in [1.54, 1.807) is 12.1 Å². The molecule has 3 N–H and O–H groups in total. The lowest BCUT2D eigenvalue weighted by Gasteiger charge is -2.35. The summed E-state index contributed by atoms with van der Waals surface area (Å²) in [5.74, 6) is -1.72. The first-order valence-electron chi connectivity index (χ1n) is 9.36. The Labute approximate surface area is 164 Å². The SMILES string of the molecule is CC(=O)NC1(C(=O)OCC(=O)NC(=O)Nc2ccc(C)c(C)c2)CCCCC1. The van der Waals surface area contributed by atoms with E-state index >= 15 is 0 Å². The fourth-order valence-electron chi connectivity index (χ4n) is 3.29. The predicted octanol–water partition coefficient (Wildman–Crippen LogP) is 2.33. The second-order valence-corrected chi connectivity index (χ2v) is 7.20. The molecule has 152 valence electrons. The van der Waals surface area contributed by atoms with E-state index < -0.39 is 30.1 Å². The van der Waals surface area contributed by atoms with E-state index in [2.05, 4.69) is 16.0 Å². The quantitative estimate of drug-likeness (QED) is 0.669. The molecule has 0 aromatic heterocycles. The molecule has 1 fully saturated rings. The van der Waals surface area contributed by atoms with Crippen LogP contribution in [0.15, 0.2) is 18.2 Å². The highest BCUT2D eigenvalue weighted by Crippen LogP contribution is 2.29. The van der Waals surface area contributed by atoms with E-state index in [4.69, 9.17) is 4.74 Å². The lowest BCUT2D eigenvalue weighted by atomic mass is 9.81. The molecule has 0 saturated heterocycles. The van der Waals surface area contributed by atoms with Gasteiger partial charge < -0.3 is 15.4 Å². The van der Waals surface area contributed by atoms with Crippen LogP contribution in [0.25, 0.3) is 0 Å². The zero-order valence-electron chi connectivity index (χ0n) is 16.5. The molecule has 1 aromatic carbocycles. The van der Waals surface area contributed by atoms with Gasteiger partial charge in [-0.3, -0.25) is 14.9 Å². The first-order chi connectivity index (χ1) is 13.2. The molecule has 1 saturated carbocycles. The largest absolute Gasteiger partial charge is 0.454 e. The Hall–Kier alpha value is -2.90. The maximum Gasteiger partial charge on any atom is 0.332 e. The Morgan fingerprint density at radius 3 is 2.32 bits per heavy atom. The molecule has 0 bridgehead atoms. The summed E-state index contributed by atoms with van der Waals surface area (Å²) in [6, 6.07) is 4.67. The van der Waals surface area contributed by atoms with Crippen LogP contribution in [-0.2, 0) is 19.1 Å². The number of imide groups is 1. The van der Waals surface area contributed by atoms with Crippen LogP contribution in [0.3, 0.4) is 0 Å². The van der Waals surface area contributed by atoms with Crippen LogP contribution in [0.1, 0.15) is 50.2 Å². The number of urea groups is 1. The van der Waals surface area contributed by atoms with E-state index in [-0.39, 0.29) is 5.91 Å². The summed E-state index contributed by atoms with van der Waals surface area (Å²) in [5, 5.41) is 7.36. The average Bonchev–Trinajstić information content (AvgIpc) is 2.63. The van der Waals surface area contributed by atoms with E-state index in [0.29, 0.717) is 18.5 Å². The fourth-order valence-corrected chi connectivity index (χ4v) is 3.29. The molecule has 0 unspecified atom stereocenters. The van der Waals surface area contributed by atoms with Crippen molar-refractivity contribution in [1.29, 1.82) is 0 Å². The van der Waals surface area contributed by atoms with Gasteiger partial charge in [-0.2, -0.15) is 0 Å². The first kappa shape index (κ1) is 21.4. The molecule has 0 aliphatic heterocycles. The molecular formula is C20H27N3O5. The number of esters is 1. The van der Waals surface area contributed by atoms with Crippen molar-refractivity contribution in [1.82, 2.24) is 10.6 Å². The Morgan fingerprint density at radius 2 is 1.71 bits per heavy atom. The molecule has 2 rings (SSSR count). The van der Waals surface area contributed by atoms with E-state index in [1.807, 2.05) is 19.9 Å². The molecule has 4 amide bonds. The number of aryl methyl sites for hydroxylation is 2. The third-order valence-electron chi connectivity index (χ3n) is 4.87. The van der Waals surface area contributed by atoms with Gasteiger partial charge in [-0.1, -0.05) is 25.3 Å². The van der Waals surface area contributed by atoms with Crippen molar-refractivity contribution >= 4 is 29.5 Å². The van der Waals surface area contributed by atoms with Crippen molar-refractivity contribution in [2.24, 2.45) is 0 Å². The second kappa shape index (κ2) is 9.34. The standard InChI is InChI=1S/C20H27N3O5/c1-13-7-8-16(11-14(13)2)21-19(27)22-17(25)12-28-18(26)20(23-15(3)24)9-5-4-6-10-20/h7-8,11H,4-6,9-10,12H2,1-3H3,(H,23,24)(H2,21,22,25,27). The Bertz CT molecular complexity index is 769. The zero-order chi connectivity index (χ0) is 20.7. The molecule has 28 heavy (non-hydrogen) atoms. The third kappa shape index (κ3) is 5.80. The highest BCUT2D eigenvalue weighted by Gasteiger charge is 2.42. The highest BCUT2D eigenvalue weighted by molar-refractivity contribution is 6.02. The van der Waals surface area contributed by atoms with E-state index in [1.165, 1.54) is 6.92 Å². The van der Waals surface area contributed by atoms with Gasteiger partial charge in [0.2, 0.25) is 5.91 Å². The summed E-state index contributed by atoms with van der Waals surface area (Å²) < 4.78 is 5.09. The summed E-state index contributed by atoms with van der Waals surface area (Å²) in [4.78, 5) is 47.8. The minimum atomic E-state index is -1.09. The fraction of sp³-hybridized carbons (Fsp3) is 0.500. The maximum atomic E-state index is 12.5. The monoisotopic (exact) mass is 389 g/mol. The zero-order valence-corrected chi connectivity index (χ0v) is 16.5. The van der Waals surface area contributed by atoms with Crippen LogP contribution < -0.4 is 16.0 Å². The number of rotatable bonds is 5. The molecule has 0 spiro atoms. The minimum absolute atomic E-state index is 0.323. The van der Waals surface area contributed by atoms with Gasteiger partial charge in [0.1, 0.15) is 5.54 Å². The molecule has 1 aliphatic carbocycles. The van der Waals surface area contributed by atoms with E-state index in [0.717, 1.165) is 30.4 Å². The van der Waals surface area contributed by atoms with E-state index in [9.17, 15) is 19.2 Å². The van der Waals surface area contributed by atoms with Crippen LogP contribution in [0, 0.1) is 13.8 Å². The first-order valence-corrected chi connectivity index (χ1v) is 9.36. The molecule has 0 atom stereocenters. The lowest BCUT2D eigenvalue weighted by Crippen LogP contribution is -2.56. The molecule has 0 heterocycles. The van der Waals surface area contributed by atoms with Gasteiger partial charge in [0, 0.05) is 12.6 Å². The van der Waals surface area contributed by atoms with Crippen LogP contribution in [0.4, 0.5) is 10.5 Å². The summed E-state index contributed by atoms with van der Waals surface area (Å²) in [5.41, 5.74) is 1.56. The maximum absolute atomic E-state index is 12.5. The van der Waals surface area contributed by atoms with Gasteiger partial charge in [-0.05, 0) is 49.9 Å². The number of ether oxygens (including phenoxy) is 1. The second-order valence-electron chi connectivity index (χ2n) is 7.20. The normalized spacial score (nSPS) is 15.2. The number of carbonyl (C=O) groups excluding carboxylic acids is 4. The van der Waals surface area contributed by atoms with Gasteiger partial charge in [0.15, 0.2) is 6.61 Å². The number of amides is 4. The van der Waals surface area contributed by atoms with Gasteiger partial charge in [-0.15, -0.1) is 0 Å². The summed E-state index contributed by atoms with van der Waals surface area (Å²) >= 11 is 0. The van der Waals surface area contributed by atoms with Gasteiger partial charge >= 0.3 is 12.0 Å². The Kier molecular flexibility index (Phi) is 7.14. The number of anilines is 1. The summed E-state index contributed by atoms with van der Waals surface area (Å²) in [7, 11) is 0. The topological polar surface area (TPSA) is 114 Å². The smallest absolute Gasteiger partial charge is 0.332 e. The predicted molar refractivity (Wildman–Crippen MR) is 104 cm³/mol. The number of hydrogen-bond donors (Lipinski definition) is 3. The summed E-state index contributed by atoms with van der Waals surface area (Å²) in [6.45, 7) is 4.62. The number of carbonyl (C=O) groups is 4. The molecule has 8 heteroatoms. The average molecular weight is 389 g/mol. The van der Waals surface area contributed by atoms with Crippen molar-refractivity contribution in [2.75, 3.05) is 11.9 Å². The lowest BCUT2D eigenvalue weighted by molar-refractivity contribution is -0.158. The summed E-state index contributed by atoms with van der Waals surface area (Å²) in [6.07, 6.45) is 3.51. The van der Waals surface area contributed by atoms with Crippen LogP contribution >= 0.6 is 0 Å².